The Morgan fingerprint density at radius 1 is 0.900 bits per heavy atom. The van der Waals surface area contributed by atoms with Gasteiger partial charge in [0.1, 0.15) is 0 Å². The van der Waals surface area contributed by atoms with Gasteiger partial charge in [-0.05, 0) is 32.6 Å². The van der Waals surface area contributed by atoms with Crippen molar-refractivity contribution in [1.29, 1.82) is 0 Å². The molecule has 0 amide bonds. The number of nitrogens with two attached hydrogens (primary N) is 1. The van der Waals surface area contributed by atoms with Crippen molar-refractivity contribution in [2.75, 3.05) is 27.7 Å². The molecule has 0 aliphatic heterocycles. The van der Waals surface area contributed by atoms with Gasteiger partial charge in [0.2, 0.25) is 0 Å². The van der Waals surface area contributed by atoms with Crippen LogP contribution in [0.3, 0.4) is 0 Å². The Bertz CT molecular complexity index is 198. The van der Waals surface area contributed by atoms with Gasteiger partial charge in [-0.15, -0.1) is 0 Å². The molecular formula is C18H43N2+. The molecule has 124 valence electrons. The molecule has 20 heavy (non-hydrogen) atoms. The van der Waals surface area contributed by atoms with Gasteiger partial charge < -0.3 is 10.2 Å². The second-order valence-electron chi connectivity index (χ2n) is 7.94. The highest BCUT2D eigenvalue weighted by molar-refractivity contribution is 4.78. The molecule has 2 nitrogen and oxygen atoms in total. The van der Waals surface area contributed by atoms with Crippen molar-refractivity contribution in [2.45, 2.75) is 85.1 Å². The molecule has 1 atom stereocenters. The van der Waals surface area contributed by atoms with Crippen LogP contribution in [0.2, 0.25) is 0 Å². The van der Waals surface area contributed by atoms with Gasteiger partial charge in [-0.25, -0.2) is 0 Å². The van der Waals surface area contributed by atoms with E-state index in [1.54, 1.807) is 0 Å². The van der Waals surface area contributed by atoms with E-state index >= 15 is 0 Å². The Labute approximate surface area is 129 Å². The van der Waals surface area contributed by atoms with E-state index in [9.17, 15) is 0 Å². The number of rotatable bonds is 9. The fourth-order valence-electron chi connectivity index (χ4n) is 1.88. The molecule has 0 heterocycles. The van der Waals surface area contributed by atoms with Gasteiger partial charge in [-0.3, -0.25) is 0 Å². The largest absolute Gasteiger partial charge is 0.331 e. The number of nitrogens with zero attached hydrogens (tertiary/aromatic N) is 1. The summed E-state index contributed by atoms with van der Waals surface area (Å²) in [7, 11) is 6.70. The Morgan fingerprint density at radius 3 is 1.70 bits per heavy atom. The van der Waals surface area contributed by atoms with E-state index < -0.39 is 0 Å². The predicted octanol–water partition coefficient (Wildman–Crippen LogP) is 4.82. The molecule has 0 bridgehead atoms. The zero-order valence-corrected chi connectivity index (χ0v) is 15.8. The molecule has 0 aliphatic rings. The highest BCUT2D eigenvalue weighted by atomic mass is 15.3. The van der Waals surface area contributed by atoms with E-state index in [0.29, 0.717) is 5.92 Å². The molecule has 0 aliphatic carbocycles. The summed E-state index contributed by atoms with van der Waals surface area (Å²) in [5, 5.41) is 0. The van der Waals surface area contributed by atoms with E-state index in [0.717, 1.165) is 4.48 Å². The maximum Gasteiger partial charge on any atom is 0.0780 e. The van der Waals surface area contributed by atoms with Crippen molar-refractivity contribution in [3.8, 4) is 0 Å². The van der Waals surface area contributed by atoms with Gasteiger partial charge >= 0.3 is 0 Å². The lowest BCUT2D eigenvalue weighted by Gasteiger charge is -2.27. The van der Waals surface area contributed by atoms with Crippen LogP contribution in [-0.2, 0) is 0 Å². The SMILES string of the molecule is CCCCCCC(C)C(C)(C)N.CCCC[N+](C)(C)C. The first-order valence-corrected chi connectivity index (χ1v) is 8.64. The molecule has 0 spiro atoms. The molecule has 0 saturated heterocycles. The van der Waals surface area contributed by atoms with Gasteiger partial charge in [-0.1, -0.05) is 52.9 Å². The van der Waals surface area contributed by atoms with Crippen molar-refractivity contribution in [1.82, 2.24) is 0 Å². The standard InChI is InChI=1S/C11H25N.C7H18N/c1-5-6-7-8-9-10(2)11(3,4)12;1-5-6-7-8(2,3)4/h10H,5-9,12H2,1-4H3;5-7H2,1-4H3/q;+1. The van der Waals surface area contributed by atoms with Crippen LogP contribution >= 0.6 is 0 Å². The van der Waals surface area contributed by atoms with Gasteiger partial charge in [0.25, 0.3) is 0 Å². The monoisotopic (exact) mass is 287 g/mol. The normalized spacial score (nSPS) is 13.7. The van der Waals surface area contributed by atoms with E-state index in [1.807, 2.05) is 0 Å². The maximum atomic E-state index is 5.99. The first-order valence-electron chi connectivity index (χ1n) is 8.64. The van der Waals surface area contributed by atoms with Crippen LogP contribution in [0.4, 0.5) is 0 Å². The lowest BCUT2D eigenvalue weighted by Crippen LogP contribution is -2.39. The van der Waals surface area contributed by atoms with Crippen LogP contribution in [0.5, 0.6) is 0 Å². The Balaban J connectivity index is 0. The molecule has 0 radical (unpaired) electrons. The van der Waals surface area contributed by atoms with Crippen molar-refractivity contribution in [2.24, 2.45) is 11.7 Å². The van der Waals surface area contributed by atoms with Crippen LogP contribution < -0.4 is 5.73 Å². The average molecular weight is 288 g/mol. The fourth-order valence-corrected chi connectivity index (χ4v) is 1.88. The Hall–Kier alpha value is -0.0800. The van der Waals surface area contributed by atoms with Crippen LogP contribution in [0.15, 0.2) is 0 Å². The van der Waals surface area contributed by atoms with Crippen molar-refractivity contribution < 1.29 is 4.48 Å². The van der Waals surface area contributed by atoms with E-state index in [2.05, 4.69) is 55.8 Å². The van der Waals surface area contributed by atoms with Gasteiger partial charge in [0.05, 0.1) is 27.7 Å². The van der Waals surface area contributed by atoms with Crippen LogP contribution in [0.25, 0.3) is 0 Å². The molecule has 0 fully saturated rings. The third-order valence-corrected chi connectivity index (χ3v) is 3.94. The highest BCUT2D eigenvalue weighted by Gasteiger charge is 2.19. The average Bonchev–Trinajstić information content (AvgIpc) is 2.30. The minimum absolute atomic E-state index is 0.00617. The topological polar surface area (TPSA) is 26.0 Å². The second kappa shape index (κ2) is 11.6. The Kier molecular flexibility index (Phi) is 12.8. The number of hydrogen-bond acceptors (Lipinski definition) is 1. The zero-order chi connectivity index (χ0) is 16.2. The third kappa shape index (κ3) is 17.9. The zero-order valence-electron chi connectivity index (χ0n) is 15.8. The summed E-state index contributed by atoms with van der Waals surface area (Å²) in [5.41, 5.74) is 6.00. The third-order valence-electron chi connectivity index (χ3n) is 3.94. The summed E-state index contributed by atoms with van der Waals surface area (Å²) in [6.45, 7) is 12.3. The summed E-state index contributed by atoms with van der Waals surface area (Å²) >= 11 is 0. The van der Waals surface area contributed by atoms with Crippen LogP contribution in [0.1, 0.15) is 79.6 Å². The fraction of sp³-hybridized carbons (Fsp3) is 1.00. The smallest absolute Gasteiger partial charge is 0.0780 e. The van der Waals surface area contributed by atoms with E-state index in [1.165, 1.54) is 51.5 Å². The lowest BCUT2D eigenvalue weighted by atomic mass is 9.86. The van der Waals surface area contributed by atoms with Crippen molar-refractivity contribution >= 4 is 0 Å². The second-order valence-corrected chi connectivity index (χ2v) is 7.94. The summed E-state index contributed by atoms with van der Waals surface area (Å²) < 4.78 is 1.10. The molecule has 0 saturated carbocycles. The predicted molar refractivity (Wildman–Crippen MR) is 94.0 cm³/mol. The first-order chi connectivity index (χ1) is 9.04. The minimum atomic E-state index is 0.00617. The van der Waals surface area contributed by atoms with E-state index in [4.69, 9.17) is 5.73 Å². The molecule has 0 aromatic carbocycles. The molecule has 0 aromatic heterocycles. The summed E-state index contributed by atoms with van der Waals surface area (Å²) in [5.74, 6) is 0.648. The summed E-state index contributed by atoms with van der Waals surface area (Å²) in [4.78, 5) is 0. The lowest BCUT2D eigenvalue weighted by molar-refractivity contribution is -0.870. The molecular weight excluding hydrogens is 244 g/mol. The summed E-state index contributed by atoms with van der Waals surface area (Å²) in [6.07, 6.45) is 9.35. The Morgan fingerprint density at radius 2 is 1.40 bits per heavy atom. The van der Waals surface area contributed by atoms with Crippen LogP contribution in [0, 0.1) is 5.92 Å². The number of unbranched alkanes of at least 4 members (excludes halogenated alkanes) is 4. The van der Waals surface area contributed by atoms with Gasteiger partial charge in [-0.2, -0.15) is 0 Å². The van der Waals surface area contributed by atoms with Gasteiger partial charge in [0.15, 0.2) is 0 Å². The molecule has 0 aromatic rings. The molecule has 2 heteroatoms. The van der Waals surface area contributed by atoms with Crippen molar-refractivity contribution in [3.05, 3.63) is 0 Å². The van der Waals surface area contributed by atoms with Crippen molar-refractivity contribution in [3.63, 3.8) is 0 Å². The number of hydrogen-bond donors (Lipinski definition) is 1. The minimum Gasteiger partial charge on any atom is -0.331 e. The molecule has 1 unspecified atom stereocenters. The molecule has 2 N–H and O–H groups in total. The van der Waals surface area contributed by atoms with E-state index in [-0.39, 0.29) is 5.54 Å². The quantitative estimate of drug-likeness (QED) is 0.477. The highest BCUT2D eigenvalue weighted by Crippen LogP contribution is 2.19. The summed E-state index contributed by atoms with van der Waals surface area (Å²) in [6, 6.07) is 0. The maximum absolute atomic E-state index is 5.99. The number of quaternary nitrogens is 1. The first kappa shape index (κ1) is 22.2. The molecule has 0 rings (SSSR count). The van der Waals surface area contributed by atoms with Gasteiger partial charge in [0, 0.05) is 5.54 Å². The van der Waals surface area contributed by atoms with Crippen LogP contribution in [-0.4, -0.2) is 37.7 Å².